The summed E-state index contributed by atoms with van der Waals surface area (Å²) in [4.78, 5) is 40.7. The van der Waals surface area contributed by atoms with Gasteiger partial charge >= 0.3 is 12.1 Å². The van der Waals surface area contributed by atoms with E-state index in [0.29, 0.717) is 10.5 Å². The van der Waals surface area contributed by atoms with Crippen LogP contribution in [-0.4, -0.2) is 46.1 Å². The number of nitrogens with zero attached hydrogens (tertiary/aromatic N) is 2. The van der Waals surface area contributed by atoms with Gasteiger partial charge in [0.05, 0.1) is 17.4 Å². The van der Waals surface area contributed by atoms with Gasteiger partial charge in [0, 0.05) is 28.4 Å². The second kappa shape index (κ2) is 8.75. The zero-order chi connectivity index (χ0) is 24.7. The lowest BCUT2D eigenvalue weighted by Gasteiger charge is -2.40. The van der Waals surface area contributed by atoms with Crippen LogP contribution in [0, 0.1) is 41.9 Å². The van der Waals surface area contributed by atoms with Crippen molar-refractivity contribution in [2.24, 2.45) is 28.8 Å². The van der Waals surface area contributed by atoms with Gasteiger partial charge in [-0.05, 0) is 51.5 Å². The maximum absolute atomic E-state index is 13.6. The number of amides is 1. The molecule has 1 aromatic carbocycles. The Bertz CT molecular complexity index is 1040. The number of ether oxygens (including phenoxy) is 1. The SMILES string of the molecule is Cc1cc(SC[C@@H]2[C@@H](N=[N+]=N)[C@H]3[C@H](C(=O)O)[C@H]3[C@]2(NC(=O)OC(C)(C)C)C(=O)[O-])ccc1F. The number of hydrogen-bond donors (Lipinski definition) is 3. The van der Waals surface area contributed by atoms with Crippen molar-refractivity contribution < 1.29 is 33.7 Å². The van der Waals surface area contributed by atoms with E-state index in [1.165, 1.54) is 23.9 Å². The summed E-state index contributed by atoms with van der Waals surface area (Å²) in [5.41, 5.74) is 4.54. The summed E-state index contributed by atoms with van der Waals surface area (Å²) in [6.45, 7) is 6.41. The molecule has 2 saturated carbocycles. The topological polar surface area (TPSA) is 166 Å². The van der Waals surface area contributed by atoms with Crippen LogP contribution >= 0.6 is 11.8 Å². The Balaban J connectivity index is 2.00. The van der Waals surface area contributed by atoms with Gasteiger partial charge in [-0.1, -0.05) is 0 Å². The average molecular weight is 481 g/mol. The summed E-state index contributed by atoms with van der Waals surface area (Å²) >= 11 is 1.20. The Morgan fingerprint density at radius 1 is 1.39 bits per heavy atom. The van der Waals surface area contributed by atoms with Crippen LogP contribution in [0.5, 0.6) is 0 Å². The predicted octanol–water partition coefficient (Wildman–Crippen LogP) is 1.74. The fraction of sp³-hybridized carbons (Fsp3) is 0.571. The molecule has 3 N–H and O–H groups in total. The molecule has 2 aliphatic carbocycles. The average Bonchev–Trinajstić information content (AvgIpc) is 3.37. The number of rotatable bonds is 7. The quantitative estimate of drug-likeness (QED) is 0.303. The molecular weight excluding hydrogens is 455 g/mol. The minimum atomic E-state index is -2.10. The van der Waals surface area contributed by atoms with Crippen molar-refractivity contribution in [3.05, 3.63) is 29.6 Å². The molecule has 1 amide bonds. The van der Waals surface area contributed by atoms with E-state index < -0.39 is 58.9 Å². The summed E-state index contributed by atoms with van der Waals surface area (Å²) in [6.07, 6.45) is -1.03. The number of carboxylic acids is 2. The number of benzene rings is 1. The third-order valence-corrected chi connectivity index (χ3v) is 7.19. The first-order valence-corrected chi connectivity index (χ1v) is 11.2. The predicted molar refractivity (Wildman–Crippen MR) is 112 cm³/mol. The van der Waals surface area contributed by atoms with Gasteiger partial charge in [0.25, 0.3) is 0 Å². The Morgan fingerprint density at radius 2 is 2.06 bits per heavy atom. The summed E-state index contributed by atoms with van der Waals surface area (Å²) < 4.78 is 18.9. The summed E-state index contributed by atoms with van der Waals surface area (Å²) in [5, 5.41) is 28.4. The molecule has 6 atom stereocenters. The molecule has 33 heavy (non-hydrogen) atoms. The zero-order valence-corrected chi connectivity index (χ0v) is 19.3. The maximum atomic E-state index is 13.6. The van der Waals surface area contributed by atoms with Gasteiger partial charge < -0.3 is 25.1 Å². The summed E-state index contributed by atoms with van der Waals surface area (Å²) in [5.74, 6) is -7.01. The lowest BCUT2D eigenvalue weighted by molar-refractivity contribution is -0.316. The van der Waals surface area contributed by atoms with Gasteiger partial charge in [0.15, 0.2) is 0 Å². The van der Waals surface area contributed by atoms with E-state index in [9.17, 15) is 29.0 Å². The Kier molecular flexibility index (Phi) is 6.54. The van der Waals surface area contributed by atoms with Gasteiger partial charge in [0.1, 0.15) is 28.1 Å². The van der Waals surface area contributed by atoms with Crippen molar-refractivity contribution >= 4 is 29.8 Å². The number of carboxylic acid groups (broad SMARTS) is 2. The number of halogens is 1. The van der Waals surface area contributed by atoms with Crippen molar-refractivity contribution in [2.45, 2.75) is 49.8 Å². The monoisotopic (exact) mass is 480 g/mol. The first kappa shape index (κ1) is 24.7. The lowest BCUT2D eigenvalue weighted by Crippen LogP contribution is -2.67. The van der Waals surface area contributed by atoms with Crippen molar-refractivity contribution in [1.29, 1.82) is 5.53 Å². The molecule has 0 spiro atoms. The van der Waals surface area contributed by atoms with Crippen molar-refractivity contribution in [2.75, 3.05) is 5.75 Å². The maximum Gasteiger partial charge on any atom is 0.408 e. The van der Waals surface area contributed by atoms with E-state index in [0.717, 1.165) is 0 Å². The number of aliphatic carboxylic acids is 2. The number of fused-ring (bicyclic) bond motifs is 1. The normalized spacial score (nSPS) is 30.0. The van der Waals surface area contributed by atoms with E-state index >= 15 is 0 Å². The third kappa shape index (κ3) is 4.58. The molecule has 178 valence electrons. The highest BCUT2D eigenvalue weighted by Crippen LogP contribution is 2.66. The largest absolute Gasteiger partial charge is 0.548 e. The smallest absolute Gasteiger partial charge is 0.408 e. The van der Waals surface area contributed by atoms with Crippen LogP contribution in [0.15, 0.2) is 28.2 Å². The second-order valence-corrected chi connectivity index (χ2v) is 10.4. The molecule has 1 aromatic rings. The van der Waals surface area contributed by atoms with E-state index in [1.54, 1.807) is 33.8 Å². The molecular formula is C21H25FN4O6S. The van der Waals surface area contributed by atoms with Crippen LogP contribution < -0.4 is 15.3 Å². The summed E-state index contributed by atoms with van der Waals surface area (Å²) in [7, 11) is 0. The van der Waals surface area contributed by atoms with Gasteiger partial charge in [-0.3, -0.25) is 4.79 Å². The van der Waals surface area contributed by atoms with Gasteiger partial charge in [0.2, 0.25) is 4.91 Å². The Labute approximate surface area is 193 Å². The van der Waals surface area contributed by atoms with E-state index in [2.05, 4.69) is 15.3 Å². The molecule has 0 aliphatic heterocycles. The molecule has 0 bridgehead atoms. The molecule has 0 heterocycles. The van der Waals surface area contributed by atoms with Crippen molar-refractivity contribution in [3.8, 4) is 0 Å². The number of nitrogens with one attached hydrogen (secondary N) is 2. The molecule has 0 radical (unpaired) electrons. The molecule has 2 fully saturated rings. The molecule has 3 rings (SSSR count). The highest BCUT2D eigenvalue weighted by atomic mass is 32.2. The number of carbonyl (C=O) groups is 3. The van der Waals surface area contributed by atoms with Crippen LogP contribution in [0.3, 0.4) is 0 Å². The van der Waals surface area contributed by atoms with Crippen LogP contribution in [0.25, 0.3) is 0 Å². The second-order valence-electron chi connectivity index (χ2n) is 9.29. The molecule has 0 saturated heterocycles. The van der Waals surface area contributed by atoms with Crippen LogP contribution in [-0.2, 0) is 14.3 Å². The van der Waals surface area contributed by atoms with Crippen molar-refractivity contribution in [1.82, 2.24) is 10.2 Å². The van der Waals surface area contributed by atoms with E-state index in [4.69, 9.17) is 10.3 Å². The van der Waals surface area contributed by atoms with Gasteiger partial charge in [-0.25, -0.2) is 9.18 Å². The molecule has 0 unspecified atom stereocenters. The van der Waals surface area contributed by atoms with Crippen LogP contribution in [0.4, 0.5) is 9.18 Å². The first-order chi connectivity index (χ1) is 15.3. The van der Waals surface area contributed by atoms with Crippen LogP contribution in [0.1, 0.15) is 26.3 Å². The van der Waals surface area contributed by atoms with Gasteiger partial charge in [-0.15, -0.1) is 11.8 Å². The number of alkyl carbamates (subject to hydrolysis) is 1. The fourth-order valence-corrected chi connectivity index (χ4v) is 6.04. The minimum Gasteiger partial charge on any atom is -0.548 e. The highest BCUT2D eigenvalue weighted by Gasteiger charge is 2.79. The molecule has 2 aliphatic rings. The standard InChI is InChI=1S/C21H25FN4O6S/c1-9-7-10(5-6-12(9)22)33-8-11-16(25-26-23)13-14(17(27)28)15(13)21(11,18(29)30)24-19(31)32-20(2,3)4/h5-7,11,13-16,23H,8H2,1-4H3,(H2-,24,27,28,29,30,31)/t11-,13+,14+,15+,16-,21+/m1/s1. The number of carbonyl (C=O) groups excluding carboxylic acids is 2. The third-order valence-electron chi connectivity index (χ3n) is 6.07. The van der Waals surface area contributed by atoms with E-state index in [1.807, 2.05) is 0 Å². The number of aryl methyl sites for hydroxylation is 1. The first-order valence-electron chi connectivity index (χ1n) is 10.2. The zero-order valence-electron chi connectivity index (χ0n) is 18.5. The fourth-order valence-electron chi connectivity index (χ4n) is 4.78. The van der Waals surface area contributed by atoms with Gasteiger partial charge in [-0.2, -0.15) is 0 Å². The lowest BCUT2D eigenvalue weighted by atomic mass is 9.80. The Hall–Kier alpha value is -2.98. The minimum absolute atomic E-state index is 0.0673. The van der Waals surface area contributed by atoms with Crippen LogP contribution in [0.2, 0.25) is 0 Å². The summed E-state index contributed by atoms with van der Waals surface area (Å²) in [6, 6.07) is 3.47. The Morgan fingerprint density at radius 3 is 2.58 bits per heavy atom. The van der Waals surface area contributed by atoms with E-state index in [-0.39, 0.29) is 11.6 Å². The number of hydrogen-bond acceptors (Lipinski definition) is 8. The highest BCUT2D eigenvalue weighted by molar-refractivity contribution is 7.99. The van der Waals surface area contributed by atoms with Crippen molar-refractivity contribution in [3.63, 3.8) is 0 Å². The molecule has 12 heteroatoms. The number of thioether (sulfide) groups is 1. The molecule has 0 aromatic heterocycles. The molecule has 10 nitrogen and oxygen atoms in total.